The second-order valence-electron chi connectivity index (χ2n) is 5.02. The number of hydrogen-bond acceptors (Lipinski definition) is 3. The van der Waals surface area contributed by atoms with Gasteiger partial charge in [-0.1, -0.05) is 12.1 Å². The summed E-state index contributed by atoms with van der Waals surface area (Å²) in [5, 5.41) is 0. The van der Waals surface area contributed by atoms with Crippen molar-refractivity contribution in [3.63, 3.8) is 0 Å². The van der Waals surface area contributed by atoms with E-state index in [1.807, 2.05) is 0 Å². The molecule has 0 saturated heterocycles. The van der Waals surface area contributed by atoms with Crippen LogP contribution in [0.2, 0.25) is 0 Å². The fourth-order valence-corrected chi connectivity index (χ4v) is 1.32. The van der Waals surface area contributed by atoms with E-state index in [0.29, 0.717) is 0 Å². The number of rotatable bonds is 4. The number of esters is 1. The Hall–Kier alpha value is -0.0187. The van der Waals surface area contributed by atoms with Crippen LogP contribution in [0.3, 0.4) is 0 Å². The first kappa shape index (κ1) is 20.0. The summed E-state index contributed by atoms with van der Waals surface area (Å²) in [7, 11) is 0. The first-order valence-electron chi connectivity index (χ1n) is 5.72. The molecule has 0 atom stereocenters. The Morgan fingerprint density at radius 3 is 2.35 bits per heavy atom. The third kappa shape index (κ3) is 7.68. The van der Waals surface area contributed by atoms with Crippen LogP contribution in [-0.4, -0.2) is 25.2 Å². The third-order valence-corrected chi connectivity index (χ3v) is 2.01. The fraction of sp³-hybridized carbons (Fsp3) is 0.417. The van der Waals surface area contributed by atoms with Crippen LogP contribution in [0.15, 0.2) is 24.3 Å². The summed E-state index contributed by atoms with van der Waals surface area (Å²) in [4.78, 5) is 11.3. The van der Waals surface area contributed by atoms with Crippen LogP contribution in [-0.2, 0) is 9.53 Å². The van der Waals surface area contributed by atoms with Gasteiger partial charge in [-0.15, -0.1) is 5.46 Å². The average Bonchev–Trinajstić information content (AvgIpc) is 2.23. The molecule has 1 aromatic rings. The minimum Gasteiger partial charge on any atom is -0.482 e. The minimum absolute atomic E-state index is 0. The maximum Gasteiger partial charge on any atom is 1.00 e. The zero-order valence-corrected chi connectivity index (χ0v) is 15.1. The molecule has 0 fully saturated rings. The summed E-state index contributed by atoms with van der Waals surface area (Å²) in [6.07, 6.45) is 0. The van der Waals surface area contributed by atoms with Gasteiger partial charge in [0.2, 0.25) is 0 Å². The molecular weight excluding hydrogens is 299 g/mol. The SMILES string of the molecule is CC(C)(C)OC(=O)COc1cccc([B-](F)(F)F)c1.[K+]. The number of benzene rings is 1. The number of halogens is 3. The van der Waals surface area contributed by atoms with Gasteiger partial charge >= 0.3 is 64.3 Å². The fourth-order valence-electron chi connectivity index (χ4n) is 1.32. The molecule has 0 spiro atoms. The average molecular weight is 314 g/mol. The summed E-state index contributed by atoms with van der Waals surface area (Å²) in [5.41, 5.74) is -1.42. The number of hydrogen-bond donors (Lipinski definition) is 0. The topological polar surface area (TPSA) is 35.5 Å². The van der Waals surface area contributed by atoms with Gasteiger partial charge in [-0.25, -0.2) is 4.79 Å². The van der Waals surface area contributed by atoms with Gasteiger partial charge in [-0.3, -0.25) is 0 Å². The Bertz CT molecular complexity index is 458. The maximum atomic E-state index is 12.5. The van der Waals surface area contributed by atoms with E-state index in [4.69, 9.17) is 9.47 Å². The summed E-state index contributed by atoms with van der Waals surface area (Å²) in [5.74, 6) is -0.641. The van der Waals surface area contributed by atoms with Gasteiger partial charge in [-0.2, -0.15) is 0 Å². The zero-order valence-electron chi connectivity index (χ0n) is 12.0. The van der Waals surface area contributed by atoms with E-state index in [-0.39, 0.29) is 57.1 Å². The van der Waals surface area contributed by atoms with Gasteiger partial charge in [-0.05, 0) is 32.9 Å². The van der Waals surface area contributed by atoms with Crippen LogP contribution in [0.5, 0.6) is 5.75 Å². The summed E-state index contributed by atoms with van der Waals surface area (Å²) < 4.78 is 47.5. The molecule has 8 heteroatoms. The second-order valence-corrected chi connectivity index (χ2v) is 5.02. The molecule has 106 valence electrons. The molecule has 0 aliphatic carbocycles. The summed E-state index contributed by atoms with van der Waals surface area (Å²) >= 11 is 0. The van der Waals surface area contributed by atoms with Gasteiger partial charge in [0.15, 0.2) is 6.61 Å². The largest absolute Gasteiger partial charge is 1.00 e. The predicted molar refractivity (Wildman–Crippen MR) is 66.5 cm³/mol. The minimum atomic E-state index is -5.08. The normalized spacial score (nSPS) is 11.5. The van der Waals surface area contributed by atoms with Gasteiger partial charge in [0.1, 0.15) is 11.4 Å². The monoisotopic (exact) mass is 314 g/mol. The van der Waals surface area contributed by atoms with Crippen LogP contribution < -0.4 is 61.6 Å². The number of ether oxygens (including phenoxy) is 2. The van der Waals surface area contributed by atoms with Crippen LogP contribution in [0.4, 0.5) is 12.9 Å². The Morgan fingerprint density at radius 2 is 1.85 bits per heavy atom. The Morgan fingerprint density at radius 1 is 1.25 bits per heavy atom. The van der Waals surface area contributed by atoms with Crippen molar-refractivity contribution in [3.05, 3.63) is 24.3 Å². The van der Waals surface area contributed by atoms with Gasteiger partial charge < -0.3 is 22.4 Å². The molecule has 0 aromatic heterocycles. The van der Waals surface area contributed by atoms with Crippen molar-refractivity contribution in [2.24, 2.45) is 0 Å². The molecule has 0 saturated carbocycles. The first-order valence-corrected chi connectivity index (χ1v) is 5.72. The number of carbonyl (C=O) groups excluding carboxylic acids is 1. The Balaban J connectivity index is 0.00000361. The molecule has 1 aromatic carbocycles. The predicted octanol–water partition coefficient (Wildman–Crippen LogP) is -0.534. The number of carbonyl (C=O) groups is 1. The molecule has 0 unspecified atom stereocenters. The zero-order chi connectivity index (χ0) is 14.7. The molecule has 20 heavy (non-hydrogen) atoms. The second kappa shape index (κ2) is 7.84. The molecule has 0 aliphatic rings. The van der Waals surface area contributed by atoms with Crippen molar-refractivity contribution in [2.75, 3.05) is 6.61 Å². The van der Waals surface area contributed by atoms with E-state index < -0.39 is 30.6 Å². The van der Waals surface area contributed by atoms with E-state index in [0.717, 1.165) is 12.1 Å². The van der Waals surface area contributed by atoms with E-state index >= 15 is 0 Å². The van der Waals surface area contributed by atoms with Crippen LogP contribution in [0, 0.1) is 0 Å². The van der Waals surface area contributed by atoms with Gasteiger partial charge in [0, 0.05) is 0 Å². The standard InChI is InChI=1S/C12H15BF3O3.K/c1-12(2,3)19-11(17)8-18-10-6-4-5-9(7-10)13(14,15)16;/h4-7H,8H2,1-3H3;/q-1;+1. The molecule has 1 rings (SSSR count). The van der Waals surface area contributed by atoms with Crippen LogP contribution in [0.25, 0.3) is 0 Å². The molecule has 0 bridgehead atoms. The Labute approximate surface area is 158 Å². The molecule has 0 aliphatic heterocycles. The van der Waals surface area contributed by atoms with Crippen molar-refractivity contribution in [3.8, 4) is 5.75 Å². The molecule has 0 amide bonds. The molecule has 3 nitrogen and oxygen atoms in total. The van der Waals surface area contributed by atoms with Crippen LogP contribution in [0.1, 0.15) is 20.8 Å². The molecular formula is C12H15BF3KO3. The van der Waals surface area contributed by atoms with Crippen molar-refractivity contribution < 1.29 is 78.6 Å². The van der Waals surface area contributed by atoms with Crippen molar-refractivity contribution in [2.45, 2.75) is 26.4 Å². The molecule has 0 radical (unpaired) electrons. The van der Waals surface area contributed by atoms with Gasteiger partial charge in [0.25, 0.3) is 0 Å². The van der Waals surface area contributed by atoms with Gasteiger partial charge in [0.05, 0.1) is 0 Å². The van der Waals surface area contributed by atoms with E-state index in [9.17, 15) is 17.7 Å². The maximum absolute atomic E-state index is 12.5. The van der Waals surface area contributed by atoms with Crippen LogP contribution >= 0.6 is 0 Å². The summed E-state index contributed by atoms with van der Waals surface area (Å²) in [6.45, 7) is -0.425. The smallest absolute Gasteiger partial charge is 0.482 e. The van der Waals surface area contributed by atoms with E-state index in [1.54, 1.807) is 20.8 Å². The quantitative estimate of drug-likeness (QED) is 0.553. The third-order valence-electron chi connectivity index (χ3n) is 2.01. The Kier molecular flexibility index (Phi) is 7.83. The van der Waals surface area contributed by atoms with Crippen molar-refractivity contribution in [1.29, 1.82) is 0 Å². The summed E-state index contributed by atoms with van der Waals surface area (Å²) in [6, 6.07) is 4.41. The first-order chi connectivity index (χ1) is 8.58. The van der Waals surface area contributed by atoms with E-state index in [2.05, 4.69) is 0 Å². The van der Waals surface area contributed by atoms with Crippen molar-refractivity contribution in [1.82, 2.24) is 0 Å². The molecule has 0 heterocycles. The molecule has 0 N–H and O–H groups in total. The van der Waals surface area contributed by atoms with E-state index in [1.165, 1.54) is 12.1 Å². The van der Waals surface area contributed by atoms with Crippen molar-refractivity contribution >= 4 is 18.4 Å².